The lowest BCUT2D eigenvalue weighted by atomic mass is 10.3. The van der Waals surface area contributed by atoms with E-state index < -0.39 is 0 Å². The normalized spacial score (nSPS) is 11.1. The second-order valence-corrected chi connectivity index (χ2v) is 3.74. The smallest absolute Gasteiger partial charge is 0.0490 e. The fraction of sp³-hybridized carbons (Fsp3) is 0.700. The molecule has 2 N–H and O–H groups in total. The second-order valence-electron chi connectivity index (χ2n) is 3.74. The summed E-state index contributed by atoms with van der Waals surface area (Å²) < 4.78 is 0. The average Bonchev–Trinajstić information content (AvgIpc) is 2.63. The van der Waals surface area contributed by atoms with Crippen LogP contribution in [0.2, 0.25) is 0 Å². The SMILES string of the molecule is CN(C)CCCNCCc1ccn[nH]1. The minimum absolute atomic E-state index is 1.02. The van der Waals surface area contributed by atoms with Gasteiger partial charge in [-0.25, -0.2) is 0 Å². The maximum atomic E-state index is 3.90. The molecule has 0 aromatic carbocycles. The van der Waals surface area contributed by atoms with Crippen molar-refractivity contribution in [3.63, 3.8) is 0 Å². The molecule has 1 aromatic heterocycles. The third-order valence-corrected chi connectivity index (χ3v) is 2.09. The third-order valence-electron chi connectivity index (χ3n) is 2.09. The first kappa shape index (κ1) is 11.2. The van der Waals surface area contributed by atoms with Crippen molar-refractivity contribution in [2.45, 2.75) is 12.8 Å². The third kappa shape index (κ3) is 4.99. The van der Waals surface area contributed by atoms with E-state index in [0.29, 0.717) is 0 Å². The Balaban J connectivity index is 1.90. The minimum atomic E-state index is 1.02. The summed E-state index contributed by atoms with van der Waals surface area (Å²) in [5.41, 5.74) is 1.20. The van der Waals surface area contributed by atoms with Crippen LogP contribution in [0.1, 0.15) is 12.1 Å². The summed E-state index contributed by atoms with van der Waals surface area (Å²) >= 11 is 0. The predicted molar refractivity (Wildman–Crippen MR) is 58.3 cm³/mol. The molecule has 80 valence electrons. The number of aromatic amines is 1. The van der Waals surface area contributed by atoms with Crippen LogP contribution >= 0.6 is 0 Å². The quantitative estimate of drug-likeness (QED) is 0.624. The second kappa shape index (κ2) is 6.56. The maximum absolute atomic E-state index is 3.90. The van der Waals surface area contributed by atoms with Gasteiger partial charge in [0.05, 0.1) is 0 Å². The summed E-state index contributed by atoms with van der Waals surface area (Å²) in [6, 6.07) is 2.02. The first-order chi connectivity index (χ1) is 6.79. The number of hydrogen-bond donors (Lipinski definition) is 2. The number of nitrogens with one attached hydrogen (secondary N) is 2. The van der Waals surface area contributed by atoms with Crippen LogP contribution in [0, 0.1) is 0 Å². The molecule has 0 atom stereocenters. The molecule has 0 aliphatic carbocycles. The number of aromatic nitrogens is 2. The summed E-state index contributed by atoms with van der Waals surface area (Å²) in [4.78, 5) is 2.20. The highest BCUT2D eigenvalue weighted by Crippen LogP contribution is 1.91. The van der Waals surface area contributed by atoms with E-state index in [1.165, 1.54) is 12.1 Å². The molecular weight excluding hydrogens is 176 g/mol. The predicted octanol–water partition coefficient (Wildman–Crippen LogP) is 0.493. The van der Waals surface area contributed by atoms with Crippen molar-refractivity contribution < 1.29 is 0 Å². The van der Waals surface area contributed by atoms with Gasteiger partial charge in [-0.2, -0.15) is 5.10 Å². The maximum Gasteiger partial charge on any atom is 0.0490 e. The largest absolute Gasteiger partial charge is 0.316 e. The Bertz CT molecular complexity index is 218. The lowest BCUT2D eigenvalue weighted by Crippen LogP contribution is -2.23. The van der Waals surface area contributed by atoms with E-state index >= 15 is 0 Å². The fourth-order valence-corrected chi connectivity index (χ4v) is 1.29. The van der Waals surface area contributed by atoms with Crippen molar-refractivity contribution in [2.75, 3.05) is 33.7 Å². The highest BCUT2D eigenvalue weighted by atomic mass is 15.1. The van der Waals surface area contributed by atoms with Crippen molar-refractivity contribution >= 4 is 0 Å². The van der Waals surface area contributed by atoms with Crippen LogP contribution in [-0.2, 0) is 6.42 Å². The van der Waals surface area contributed by atoms with Crippen molar-refractivity contribution in [1.82, 2.24) is 20.4 Å². The molecule has 0 bridgehead atoms. The first-order valence-electron chi connectivity index (χ1n) is 5.13. The Hall–Kier alpha value is -0.870. The zero-order chi connectivity index (χ0) is 10.2. The molecule has 1 rings (SSSR count). The van der Waals surface area contributed by atoms with Gasteiger partial charge in [0.15, 0.2) is 0 Å². The zero-order valence-corrected chi connectivity index (χ0v) is 9.08. The number of nitrogens with zero attached hydrogens (tertiary/aromatic N) is 2. The van der Waals surface area contributed by atoms with Crippen LogP contribution in [0.15, 0.2) is 12.3 Å². The van der Waals surface area contributed by atoms with Gasteiger partial charge in [0.25, 0.3) is 0 Å². The van der Waals surface area contributed by atoms with Crippen molar-refractivity contribution in [2.24, 2.45) is 0 Å². The molecule has 1 heterocycles. The van der Waals surface area contributed by atoms with Gasteiger partial charge in [0.1, 0.15) is 0 Å². The molecule has 0 saturated heterocycles. The van der Waals surface area contributed by atoms with Gasteiger partial charge < -0.3 is 10.2 Å². The molecule has 0 fully saturated rings. The molecule has 0 amide bonds. The van der Waals surface area contributed by atoms with Crippen LogP contribution in [0.3, 0.4) is 0 Å². The van der Waals surface area contributed by atoms with Gasteiger partial charge in [-0.15, -0.1) is 0 Å². The van der Waals surface area contributed by atoms with Crippen LogP contribution < -0.4 is 5.32 Å². The molecule has 14 heavy (non-hydrogen) atoms. The van der Waals surface area contributed by atoms with Crippen molar-refractivity contribution in [3.8, 4) is 0 Å². The Morgan fingerprint density at radius 3 is 2.93 bits per heavy atom. The Morgan fingerprint density at radius 1 is 1.43 bits per heavy atom. The van der Waals surface area contributed by atoms with E-state index in [4.69, 9.17) is 0 Å². The Labute approximate surface area is 85.7 Å². The number of H-pyrrole nitrogens is 1. The van der Waals surface area contributed by atoms with E-state index in [9.17, 15) is 0 Å². The van der Waals surface area contributed by atoms with E-state index in [-0.39, 0.29) is 0 Å². The highest BCUT2D eigenvalue weighted by molar-refractivity contribution is 4.97. The molecule has 0 aliphatic heterocycles. The van der Waals surface area contributed by atoms with Gasteiger partial charge in [-0.3, -0.25) is 5.10 Å². The van der Waals surface area contributed by atoms with Crippen molar-refractivity contribution in [3.05, 3.63) is 18.0 Å². The summed E-state index contributed by atoms with van der Waals surface area (Å²) in [7, 11) is 4.20. The van der Waals surface area contributed by atoms with Gasteiger partial charge >= 0.3 is 0 Å². The zero-order valence-electron chi connectivity index (χ0n) is 9.08. The van der Waals surface area contributed by atoms with Crippen molar-refractivity contribution in [1.29, 1.82) is 0 Å². The van der Waals surface area contributed by atoms with Gasteiger partial charge in [0, 0.05) is 24.9 Å². The topological polar surface area (TPSA) is 44.0 Å². The minimum Gasteiger partial charge on any atom is -0.316 e. The van der Waals surface area contributed by atoms with Gasteiger partial charge in [-0.05, 0) is 39.7 Å². The van der Waals surface area contributed by atoms with E-state index in [1.54, 1.807) is 6.20 Å². The lowest BCUT2D eigenvalue weighted by molar-refractivity contribution is 0.395. The summed E-state index contributed by atoms with van der Waals surface area (Å²) in [6.07, 6.45) is 4.03. The van der Waals surface area contributed by atoms with Gasteiger partial charge in [0.2, 0.25) is 0 Å². The molecule has 0 radical (unpaired) electrons. The monoisotopic (exact) mass is 196 g/mol. The number of hydrogen-bond acceptors (Lipinski definition) is 3. The molecule has 0 spiro atoms. The van der Waals surface area contributed by atoms with E-state index in [0.717, 1.165) is 26.1 Å². The molecular formula is C10H20N4. The van der Waals surface area contributed by atoms with Crippen LogP contribution in [0.4, 0.5) is 0 Å². The van der Waals surface area contributed by atoms with E-state index in [1.807, 2.05) is 6.07 Å². The summed E-state index contributed by atoms with van der Waals surface area (Å²) in [5, 5.41) is 10.3. The first-order valence-corrected chi connectivity index (χ1v) is 5.13. The lowest BCUT2D eigenvalue weighted by Gasteiger charge is -2.09. The highest BCUT2D eigenvalue weighted by Gasteiger charge is 1.93. The number of rotatable bonds is 7. The van der Waals surface area contributed by atoms with Gasteiger partial charge in [-0.1, -0.05) is 0 Å². The molecule has 0 unspecified atom stereocenters. The molecule has 4 heteroatoms. The fourth-order valence-electron chi connectivity index (χ4n) is 1.29. The molecule has 1 aromatic rings. The Morgan fingerprint density at radius 2 is 2.29 bits per heavy atom. The van der Waals surface area contributed by atoms with Crippen LogP contribution in [0.5, 0.6) is 0 Å². The van der Waals surface area contributed by atoms with Crippen LogP contribution in [-0.4, -0.2) is 48.8 Å². The molecule has 0 saturated carbocycles. The summed E-state index contributed by atoms with van der Waals surface area (Å²) in [5.74, 6) is 0. The molecule has 0 aliphatic rings. The standard InChI is InChI=1S/C10H20N4/c1-14(2)9-3-6-11-7-4-10-5-8-12-13-10/h5,8,11H,3-4,6-7,9H2,1-2H3,(H,12,13). The van der Waals surface area contributed by atoms with Crippen LogP contribution in [0.25, 0.3) is 0 Å². The Kier molecular flexibility index (Phi) is 5.25. The average molecular weight is 196 g/mol. The summed E-state index contributed by atoms with van der Waals surface area (Å²) in [6.45, 7) is 3.26. The van der Waals surface area contributed by atoms with E-state index in [2.05, 4.69) is 34.5 Å². The molecule has 4 nitrogen and oxygen atoms in total.